The number of aromatic nitrogens is 1. The molecule has 7 heteroatoms. The van der Waals surface area contributed by atoms with Crippen LogP contribution in [0.1, 0.15) is 13.3 Å². The van der Waals surface area contributed by atoms with E-state index in [1.54, 1.807) is 0 Å². The molecule has 0 saturated carbocycles. The van der Waals surface area contributed by atoms with Crippen molar-refractivity contribution in [1.82, 2.24) is 4.98 Å². The monoisotopic (exact) mass is 271 g/mol. The van der Waals surface area contributed by atoms with Gasteiger partial charge in [-0.25, -0.2) is 4.98 Å². The Bertz CT molecular complexity index is 449. The molecule has 1 saturated heterocycles. The zero-order chi connectivity index (χ0) is 13.1. The van der Waals surface area contributed by atoms with Gasteiger partial charge in [-0.15, -0.1) is 0 Å². The molecule has 1 aromatic rings. The van der Waals surface area contributed by atoms with Crippen LogP contribution >= 0.6 is 11.6 Å². The van der Waals surface area contributed by atoms with Crippen LogP contribution in [0.25, 0.3) is 0 Å². The lowest BCUT2D eigenvalue weighted by molar-refractivity contribution is -0.384. The van der Waals surface area contributed by atoms with Gasteiger partial charge < -0.3 is 10.1 Å². The van der Waals surface area contributed by atoms with Crippen LogP contribution in [0.3, 0.4) is 0 Å². The fraction of sp³-hybridized carbons (Fsp3) is 0.545. The summed E-state index contributed by atoms with van der Waals surface area (Å²) in [6.07, 6.45) is 0.983. The van der Waals surface area contributed by atoms with E-state index in [-0.39, 0.29) is 16.9 Å². The van der Waals surface area contributed by atoms with Crippen molar-refractivity contribution in [2.75, 3.05) is 18.5 Å². The second-order valence-corrected chi connectivity index (χ2v) is 4.73. The Morgan fingerprint density at radius 3 is 3.06 bits per heavy atom. The largest absolute Gasteiger partial charge is 0.381 e. The maximum Gasteiger partial charge on any atom is 0.276 e. The van der Waals surface area contributed by atoms with Crippen molar-refractivity contribution in [3.8, 4) is 0 Å². The molecule has 1 N–H and O–H groups in total. The standard InChI is InChI=1S/C11H14ClN3O3/c1-7(8-2-3-18-6-8)13-11-5-9(15(16)17)4-10(12)14-11/h4-5,7-8H,2-3,6H2,1H3,(H,13,14). The van der Waals surface area contributed by atoms with Crippen LogP contribution in [0.5, 0.6) is 0 Å². The molecule has 0 bridgehead atoms. The molecule has 2 atom stereocenters. The third-order valence-corrected chi connectivity index (χ3v) is 3.23. The lowest BCUT2D eigenvalue weighted by Gasteiger charge is -2.19. The van der Waals surface area contributed by atoms with Crippen molar-refractivity contribution in [2.24, 2.45) is 5.92 Å². The molecule has 1 aliphatic heterocycles. The summed E-state index contributed by atoms with van der Waals surface area (Å²) in [4.78, 5) is 14.3. The number of hydrogen-bond acceptors (Lipinski definition) is 5. The van der Waals surface area contributed by atoms with Gasteiger partial charge >= 0.3 is 0 Å². The predicted octanol–water partition coefficient (Wildman–Crippen LogP) is 2.48. The molecule has 18 heavy (non-hydrogen) atoms. The van der Waals surface area contributed by atoms with E-state index < -0.39 is 4.92 Å². The van der Waals surface area contributed by atoms with Gasteiger partial charge in [-0.3, -0.25) is 10.1 Å². The fourth-order valence-corrected chi connectivity index (χ4v) is 2.16. The molecule has 1 aliphatic rings. The smallest absolute Gasteiger partial charge is 0.276 e. The highest BCUT2D eigenvalue weighted by Crippen LogP contribution is 2.24. The lowest BCUT2D eigenvalue weighted by atomic mass is 10.0. The second kappa shape index (κ2) is 5.49. The molecule has 2 heterocycles. The van der Waals surface area contributed by atoms with E-state index in [1.807, 2.05) is 6.92 Å². The zero-order valence-corrected chi connectivity index (χ0v) is 10.7. The average molecular weight is 272 g/mol. The maximum atomic E-state index is 10.7. The van der Waals surface area contributed by atoms with E-state index in [4.69, 9.17) is 16.3 Å². The molecule has 0 aliphatic carbocycles. The van der Waals surface area contributed by atoms with Crippen LogP contribution in [0.4, 0.5) is 11.5 Å². The summed E-state index contributed by atoms with van der Waals surface area (Å²) < 4.78 is 5.31. The van der Waals surface area contributed by atoms with Crippen molar-refractivity contribution in [3.63, 3.8) is 0 Å². The average Bonchev–Trinajstić information content (AvgIpc) is 2.81. The zero-order valence-electron chi connectivity index (χ0n) is 9.93. The van der Waals surface area contributed by atoms with E-state index in [2.05, 4.69) is 10.3 Å². The first-order valence-electron chi connectivity index (χ1n) is 5.72. The number of hydrogen-bond donors (Lipinski definition) is 1. The Kier molecular flexibility index (Phi) is 3.98. The van der Waals surface area contributed by atoms with E-state index in [0.29, 0.717) is 18.3 Å². The molecule has 1 fully saturated rings. The highest BCUT2D eigenvalue weighted by molar-refractivity contribution is 6.29. The van der Waals surface area contributed by atoms with Crippen LogP contribution in [-0.4, -0.2) is 29.2 Å². The van der Waals surface area contributed by atoms with Crippen LogP contribution in [0.15, 0.2) is 12.1 Å². The van der Waals surface area contributed by atoms with Gasteiger partial charge in [0.1, 0.15) is 11.0 Å². The molecule has 0 radical (unpaired) electrons. The van der Waals surface area contributed by atoms with Crippen LogP contribution in [0.2, 0.25) is 5.15 Å². The van der Waals surface area contributed by atoms with Crippen LogP contribution < -0.4 is 5.32 Å². The molecule has 0 spiro atoms. The summed E-state index contributed by atoms with van der Waals surface area (Å²) >= 11 is 5.76. The number of anilines is 1. The molecule has 0 aromatic carbocycles. The summed E-state index contributed by atoms with van der Waals surface area (Å²) in [6, 6.07) is 2.76. The van der Waals surface area contributed by atoms with Gasteiger partial charge in [0.2, 0.25) is 0 Å². The number of ether oxygens (including phenoxy) is 1. The summed E-state index contributed by atoms with van der Waals surface area (Å²) in [5.41, 5.74) is -0.0626. The minimum Gasteiger partial charge on any atom is -0.381 e. The molecule has 0 amide bonds. The fourth-order valence-electron chi connectivity index (χ4n) is 1.96. The SMILES string of the molecule is CC(Nc1cc([N+](=O)[O-])cc(Cl)n1)C1CCOC1. The van der Waals surface area contributed by atoms with Crippen molar-refractivity contribution in [1.29, 1.82) is 0 Å². The van der Waals surface area contributed by atoms with Crippen LogP contribution in [-0.2, 0) is 4.74 Å². The molecule has 6 nitrogen and oxygen atoms in total. The number of pyridine rings is 1. The summed E-state index contributed by atoms with van der Waals surface area (Å²) in [5, 5.41) is 14.0. The van der Waals surface area contributed by atoms with Gasteiger partial charge in [-0.1, -0.05) is 11.6 Å². The number of halogens is 1. The molecular formula is C11H14ClN3O3. The minimum absolute atomic E-state index is 0.0626. The minimum atomic E-state index is -0.484. The molecular weight excluding hydrogens is 258 g/mol. The molecule has 2 unspecified atom stereocenters. The van der Waals surface area contributed by atoms with Gasteiger partial charge in [0.05, 0.1) is 23.7 Å². The maximum absolute atomic E-state index is 10.7. The van der Waals surface area contributed by atoms with E-state index in [1.165, 1.54) is 12.1 Å². The van der Waals surface area contributed by atoms with Gasteiger partial charge in [0.25, 0.3) is 5.69 Å². The third-order valence-electron chi connectivity index (χ3n) is 3.04. The van der Waals surface area contributed by atoms with Crippen molar-refractivity contribution in [2.45, 2.75) is 19.4 Å². The van der Waals surface area contributed by atoms with Gasteiger partial charge in [0, 0.05) is 18.6 Å². The third kappa shape index (κ3) is 3.08. The quantitative estimate of drug-likeness (QED) is 0.517. The first-order chi connectivity index (χ1) is 8.56. The number of nitro groups is 1. The Morgan fingerprint density at radius 1 is 1.67 bits per heavy atom. The number of nitrogens with one attached hydrogen (secondary N) is 1. The summed E-state index contributed by atoms with van der Waals surface area (Å²) in [6.45, 7) is 3.48. The Hall–Kier alpha value is -1.40. The lowest BCUT2D eigenvalue weighted by Crippen LogP contribution is -2.26. The summed E-state index contributed by atoms with van der Waals surface area (Å²) in [7, 11) is 0. The first-order valence-corrected chi connectivity index (χ1v) is 6.10. The molecule has 2 rings (SSSR count). The van der Waals surface area contributed by atoms with E-state index >= 15 is 0 Å². The number of rotatable bonds is 4. The Morgan fingerprint density at radius 2 is 2.44 bits per heavy atom. The van der Waals surface area contributed by atoms with Gasteiger partial charge in [-0.05, 0) is 13.3 Å². The summed E-state index contributed by atoms with van der Waals surface area (Å²) in [5.74, 6) is 0.818. The second-order valence-electron chi connectivity index (χ2n) is 4.35. The number of nitrogens with zero attached hydrogens (tertiary/aromatic N) is 2. The first kappa shape index (κ1) is 13.0. The topological polar surface area (TPSA) is 77.3 Å². The van der Waals surface area contributed by atoms with Gasteiger partial charge in [0.15, 0.2) is 0 Å². The highest BCUT2D eigenvalue weighted by Gasteiger charge is 2.23. The normalized spacial score (nSPS) is 20.7. The van der Waals surface area contributed by atoms with Crippen LogP contribution in [0, 0.1) is 16.0 Å². The highest BCUT2D eigenvalue weighted by atomic mass is 35.5. The van der Waals surface area contributed by atoms with Crippen molar-refractivity contribution >= 4 is 23.1 Å². The Balaban J connectivity index is 2.10. The predicted molar refractivity (Wildman–Crippen MR) is 67.9 cm³/mol. The van der Waals surface area contributed by atoms with Gasteiger partial charge in [-0.2, -0.15) is 0 Å². The van der Waals surface area contributed by atoms with Crippen molar-refractivity contribution in [3.05, 3.63) is 27.4 Å². The molecule has 1 aromatic heterocycles. The van der Waals surface area contributed by atoms with Crippen molar-refractivity contribution < 1.29 is 9.66 Å². The Labute approximate surface area is 109 Å². The van der Waals surface area contributed by atoms with E-state index in [9.17, 15) is 10.1 Å². The molecule has 98 valence electrons. The van der Waals surface area contributed by atoms with E-state index in [0.717, 1.165) is 13.0 Å².